The monoisotopic (exact) mass is 194 g/mol. The average molecular weight is 194 g/mol. The van der Waals surface area contributed by atoms with Crippen molar-refractivity contribution in [2.24, 2.45) is 0 Å². The highest BCUT2D eigenvalue weighted by Crippen LogP contribution is 1.97. The molecule has 5 heteroatoms. The van der Waals surface area contributed by atoms with Crippen LogP contribution in [0.5, 0.6) is 0 Å². The molecule has 5 nitrogen and oxygen atoms in total. The summed E-state index contributed by atoms with van der Waals surface area (Å²) >= 11 is 0. The molecular formula is C8H18O5. The number of aliphatic hydroxyl groups excluding tert-OH is 2. The minimum absolute atomic E-state index is 0.114. The number of aliphatic hydroxyl groups is 2. The Morgan fingerprint density at radius 3 is 2.00 bits per heavy atom. The third-order valence-electron chi connectivity index (χ3n) is 1.29. The van der Waals surface area contributed by atoms with E-state index in [1.807, 2.05) is 13.8 Å². The first-order chi connectivity index (χ1) is 6.24. The standard InChI is InChI=1S/C8H18O5/c1-3-11-8(12-4-2)6-13-7(10)5-9/h7-10H,3-6H2,1-2H3. The van der Waals surface area contributed by atoms with Crippen molar-refractivity contribution in [3.63, 3.8) is 0 Å². The van der Waals surface area contributed by atoms with Gasteiger partial charge in [0.2, 0.25) is 0 Å². The molecule has 0 aromatic rings. The van der Waals surface area contributed by atoms with Gasteiger partial charge in [0.15, 0.2) is 12.6 Å². The van der Waals surface area contributed by atoms with Gasteiger partial charge in [-0.25, -0.2) is 0 Å². The van der Waals surface area contributed by atoms with E-state index in [4.69, 9.17) is 24.4 Å². The van der Waals surface area contributed by atoms with Gasteiger partial charge in [0.05, 0.1) is 6.61 Å². The molecule has 0 spiro atoms. The van der Waals surface area contributed by atoms with Gasteiger partial charge < -0.3 is 24.4 Å². The molecule has 13 heavy (non-hydrogen) atoms. The molecule has 80 valence electrons. The zero-order valence-electron chi connectivity index (χ0n) is 8.10. The second kappa shape index (κ2) is 8.40. The fourth-order valence-electron chi connectivity index (χ4n) is 0.758. The summed E-state index contributed by atoms with van der Waals surface area (Å²) in [7, 11) is 0. The van der Waals surface area contributed by atoms with Gasteiger partial charge in [-0.3, -0.25) is 0 Å². The summed E-state index contributed by atoms with van der Waals surface area (Å²) in [5.41, 5.74) is 0. The van der Waals surface area contributed by atoms with E-state index >= 15 is 0 Å². The SMILES string of the molecule is CCOC(COC(O)CO)OCC. The first kappa shape index (κ1) is 12.8. The van der Waals surface area contributed by atoms with Crippen molar-refractivity contribution in [1.82, 2.24) is 0 Å². The third kappa shape index (κ3) is 6.92. The van der Waals surface area contributed by atoms with Crippen LogP contribution >= 0.6 is 0 Å². The van der Waals surface area contributed by atoms with Gasteiger partial charge >= 0.3 is 0 Å². The second-order valence-electron chi connectivity index (χ2n) is 2.31. The molecule has 0 amide bonds. The quantitative estimate of drug-likeness (QED) is 0.520. The summed E-state index contributed by atoms with van der Waals surface area (Å²) in [6.45, 7) is 4.41. The van der Waals surface area contributed by atoms with Crippen molar-refractivity contribution in [1.29, 1.82) is 0 Å². The summed E-state index contributed by atoms with van der Waals surface area (Å²) in [5, 5.41) is 17.3. The van der Waals surface area contributed by atoms with E-state index in [9.17, 15) is 0 Å². The number of hydrogen-bond acceptors (Lipinski definition) is 5. The lowest BCUT2D eigenvalue weighted by molar-refractivity contribution is -0.210. The van der Waals surface area contributed by atoms with Crippen LogP contribution in [-0.4, -0.2) is 49.2 Å². The highest BCUT2D eigenvalue weighted by molar-refractivity contribution is 4.43. The minimum atomic E-state index is -1.16. The van der Waals surface area contributed by atoms with Crippen LogP contribution in [0.4, 0.5) is 0 Å². The van der Waals surface area contributed by atoms with Gasteiger partial charge in [0.1, 0.15) is 6.61 Å². The molecule has 1 atom stereocenters. The van der Waals surface area contributed by atoms with Crippen molar-refractivity contribution in [2.75, 3.05) is 26.4 Å². The topological polar surface area (TPSA) is 68.2 Å². The number of rotatable bonds is 8. The van der Waals surface area contributed by atoms with Crippen molar-refractivity contribution < 1.29 is 24.4 Å². The molecule has 0 radical (unpaired) electrons. The Labute approximate surface area is 78.2 Å². The third-order valence-corrected chi connectivity index (χ3v) is 1.29. The van der Waals surface area contributed by atoms with Crippen LogP contribution in [0.15, 0.2) is 0 Å². The van der Waals surface area contributed by atoms with E-state index in [0.29, 0.717) is 13.2 Å². The molecule has 0 saturated carbocycles. The molecule has 0 fully saturated rings. The largest absolute Gasteiger partial charge is 0.391 e. The summed E-state index contributed by atoms with van der Waals surface area (Å²) in [6.07, 6.45) is -1.64. The van der Waals surface area contributed by atoms with Gasteiger partial charge in [0, 0.05) is 13.2 Å². The molecule has 1 unspecified atom stereocenters. The van der Waals surface area contributed by atoms with E-state index in [1.54, 1.807) is 0 Å². The fraction of sp³-hybridized carbons (Fsp3) is 1.00. The van der Waals surface area contributed by atoms with Crippen LogP contribution in [0.25, 0.3) is 0 Å². The van der Waals surface area contributed by atoms with Crippen LogP contribution < -0.4 is 0 Å². The average Bonchev–Trinajstić information content (AvgIpc) is 2.14. The Kier molecular flexibility index (Phi) is 8.27. The second-order valence-corrected chi connectivity index (χ2v) is 2.31. The zero-order valence-corrected chi connectivity index (χ0v) is 8.10. The Balaban J connectivity index is 3.55. The normalized spacial score (nSPS) is 13.6. The minimum Gasteiger partial charge on any atom is -0.391 e. The Morgan fingerprint density at radius 1 is 1.08 bits per heavy atom. The lowest BCUT2D eigenvalue weighted by Crippen LogP contribution is -2.28. The molecule has 2 N–H and O–H groups in total. The maximum atomic E-state index is 8.86. The summed E-state index contributed by atoms with van der Waals surface area (Å²) in [4.78, 5) is 0. The van der Waals surface area contributed by atoms with Crippen LogP contribution in [0.1, 0.15) is 13.8 Å². The maximum Gasteiger partial charge on any atom is 0.180 e. The molecule has 0 aromatic heterocycles. The first-order valence-corrected chi connectivity index (χ1v) is 4.38. The molecule has 0 aliphatic carbocycles. The lowest BCUT2D eigenvalue weighted by Gasteiger charge is -2.18. The van der Waals surface area contributed by atoms with Crippen molar-refractivity contribution in [2.45, 2.75) is 26.4 Å². The lowest BCUT2D eigenvalue weighted by atomic mass is 10.6. The Bertz CT molecular complexity index is 103. The van der Waals surface area contributed by atoms with E-state index < -0.39 is 19.2 Å². The summed E-state index contributed by atoms with van der Waals surface area (Å²) < 4.78 is 15.1. The predicted molar refractivity (Wildman–Crippen MR) is 46.1 cm³/mol. The molecular weight excluding hydrogens is 176 g/mol. The van der Waals surface area contributed by atoms with E-state index in [2.05, 4.69) is 0 Å². The van der Waals surface area contributed by atoms with Gasteiger partial charge in [-0.2, -0.15) is 0 Å². The summed E-state index contributed by atoms with van der Waals surface area (Å²) in [5.74, 6) is 0. The number of hydrogen-bond donors (Lipinski definition) is 2. The molecule has 0 heterocycles. The first-order valence-electron chi connectivity index (χ1n) is 4.38. The molecule has 0 aromatic carbocycles. The van der Waals surface area contributed by atoms with Crippen LogP contribution in [-0.2, 0) is 14.2 Å². The Hall–Kier alpha value is -0.200. The van der Waals surface area contributed by atoms with Crippen LogP contribution in [0, 0.1) is 0 Å². The highest BCUT2D eigenvalue weighted by Gasteiger charge is 2.10. The molecule has 0 bridgehead atoms. The van der Waals surface area contributed by atoms with Crippen LogP contribution in [0.2, 0.25) is 0 Å². The highest BCUT2D eigenvalue weighted by atomic mass is 16.7. The van der Waals surface area contributed by atoms with Crippen LogP contribution in [0.3, 0.4) is 0 Å². The van der Waals surface area contributed by atoms with Gasteiger partial charge in [-0.15, -0.1) is 0 Å². The number of ether oxygens (including phenoxy) is 3. The van der Waals surface area contributed by atoms with E-state index in [-0.39, 0.29) is 6.61 Å². The molecule has 0 rings (SSSR count). The summed E-state index contributed by atoms with van der Waals surface area (Å²) in [6, 6.07) is 0. The van der Waals surface area contributed by atoms with Crippen molar-refractivity contribution in [3.05, 3.63) is 0 Å². The molecule has 0 aliphatic heterocycles. The van der Waals surface area contributed by atoms with Crippen molar-refractivity contribution >= 4 is 0 Å². The van der Waals surface area contributed by atoms with Gasteiger partial charge in [-0.05, 0) is 13.8 Å². The van der Waals surface area contributed by atoms with Gasteiger partial charge in [0.25, 0.3) is 0 Å². The maximum absolute atomic E-state index is 8.86. The predicted octanol–water partition coefficient (Wildman–Crippen LogP) is -0.287. The molecule has 0 aliphatic rings. The van der Waals surface area contributed by atoms with E-state index in [1.165, 1.54) is 0 Å². The Morgan fingerprint density at radius 2 is 1.62 bits per heavy atom. The smallest absolute Gasteiger partial charge is 0.180 e. The zero-order chi connectivity index (χ0) is 10.1. The van der Waals surface area contributed by atoms with Gasteiger partial charge in [-0.1, -0.05) is 0 Å². The van der Waals surface area contributed by atoms with E-state index in [0.717, 1.165) is 0 Å². The molecule has 0 saturated heterocycles. The van der Waals surface area contributed by atoms with Crippen molar-refractivity contribution in [3.8, 4) is 0 Å². The fourth-order valence-corrected chi connectivity index (χ4v) is 0.758.